The Morgan fingerprint density at radius 3 is 2.73 bits per heavy atom. The summed E-state index contributed by atoms with van der Waals surface area (Å²) in [4.78, 5) is 4.85. The van der Waals surface area contributed by atoms with Crippen LogP contribution in [0.25, 0.3) is 0 Å². The largest absolute Gasteiger partial charge is 0.305 e. The van der Waals surface area contributed by atoms with E-state index < -0.39 is 0 Å². The molecule has 86 valence electrons. The Kier molecular flexibility index (Phi) is 5.10. The molecule has 2 unspecified atom stereocenters. The zero-order valence-corrected chi connectivity index (χ0v) is 10.2. The Morgan fingerprint density at radius 2 is 2.20 bits per heavy atom. The third-order valence-corrected chi connectivity index (χ3v) is 3.14. The van der Waals surface area contributed by atoms with E-state index in [1.807, 2.05) is 0 Å². The van der Waals surface area contributed by atoms with Gasteiger partial charge < -0.3 is 15.1 Å². The first-order valence-electron chi connectivity index (χ1n) is 5.68. The molecule has 0 saturated carbocycles. The molecule has 1 aliphatic rings. The number of terminal acetylenes is 1. The van der Waals surface area contributed by atoms with Crippen LogP contribution in [0.2, 0.25) is 0 Å². The van der Waals surface area contributed by atoms with Crippen molar-refractivity contribution in [1.29, 1.82) is 0 Å². The van der Waals surface area contributed by atoms with Crippen LogP contribution in [0, 0.1) is 18.3 Å². The molecule has 1 aliphatic heterocycles. The second kappa shape index (κ2) is 6.12. The number of nitrogens with zero attached hydrogens (tertiary/aromatic N) is 2. The second-order valence-electron chi connectivity index (χ2n) is 4.65. The van der Waals surface area contributed by atoms with Crippen molar-refractivity contribution in [3.8, 4) is 12.3 Å². The number of likely N-dealkylation sites (N-methyl/N-ethyl adjacent to an activating group) is 1. The van der Waals surface area contributed by atoms with Gasteiger partial charge in [0.2, 0.25) is 0 Å². The van der Waals surface area contributed by atoms with Gasteiger partial charge in [0, 0.05) is 32.2 Å². The molecule has 15 heavy (non-hydrogen) atoms. The standard InChI is InChI=1S/C12H23N3/c1-5-6-13-7-8-15-9-11(2)12(10-15)14(3)4/h1,11-13H,6-10H2,2-4H3. The van der Waals surface area contributed by atoms with Gasteiger partial charge in [0.15, 0.2) is 0 Å². The molecule has 0 aromatic heterocycles. The molecule has 0 bridgehead atoms. The van der Waals surface area contributed by atoms with E-state index in [0.717, 1.165) is 19.0 Å². The Morgan fingerprint density at radius 1 is 1.47 bits per heavy atom. The summed E-state index contributed by atoms with van der Waals surface area (Å²) in [6, 6.07) is 0.706. The predicted octanol–water partition coefficient (Wildman–Crippen LogP) is 0.0911. The SMILES string of the molecule is C#CCNCCN1CC(C)C(N(C)C)C1. The number of likely N-dealkylation sites (tertiary alicyclic amines) is 1. The van der Waals surface area contributed by atoms with Crippen molar-refractivity contribution in [2.75, 3.05) is 46.8 Å². The molecule has 0 spiro atoms. The molecule has 0 aromatic rings. The van der Waals surface area contributed by atoms with E-state index in [-0.39, 0.29) is 0 Å². The molecule has 1 heterocycles. The summed E-state index contributed by atoms with van der Waals surface area (Å²) < 4.78 is 0. The van der Waals surface area contributed by atoms with Crippen molar-refractivity contribution < 1.29 is 0 Å². The zero-order valence-electron chi connectivity index (χ0n) is 10.2. The third-order valence-electron chi connectivity index (χ3n) is 3.14. The minimum Gasteiger partial charge on any atom is -0.305 e. The summed E-state index contributed by atoms with van der Waals surface area (Å²) in [5.41, 5.74) is 0. The highest BCUT2D eigenvalue weighted by Crippen LogP contribution is 2.19. The van der Waals surface area contributed by atoms with E-state index >= 15 is 0 Å². The molecule has 1 rings (SSSR count). The number of nitrogens with one attached hydrogen (secondary N) is 1. The van der Waals surface area contributed by atoms with Gasteiger partial charge in [-0.1, -0.05) is 12.8 Å². The van der Waals surface area contributed by atoms with Gasteiger partial charge in [0.05, 0.1) is 6.54 Å². The first kappa shape index (κ1) is 12.5. The molecule has 3 nitrogen and oxygen atoms in total. The minimum atomic E-state index is 0.681. The highest BCUT2D eigenvalue weighted by molar-refractivity contribution is 4.88. The maximum absolute atomic E-state index is 5.17. The molecular formula is C12H23N3. The van der Waals surface area contributed by atoms with Gasteiger partial charge in [0.1, 0.15) is 0 Å². The molecule has 1 N–H and O–H groups in total. The molecule has 3 heteroatoms. The normalized spacial score (nSPS) is 27.1. The minimum absolute atomic E-state index is 0.681. The Labute approximate surface area is 93.8 Å². The van der Waals surface area contributed by atoms with Gasteiger partial charge >= 0.3 is 0 Å². The molecule has 0 radical (unpaired) electrons. The maximum atomic E-state index is 5.17. The predicted molar refractivity (Wildman–Crippen MR) is 64.8 cm³/mol. The van der Waals surface area contributed by atoms with Crippen LogP contribution in [0.5, 0.6) is 0 Å². The van der Waals surface area contributed by atoms with Gasteiger partial charge in [-0.2, -0.15) is 0 Å². The van der Waals surface area contributed by atoms with Gasteiger partial charge in [-0.15, -0.1) is 6.42 Å². The molecular weight excluding hydrogens is 186 g/mol. The fourth-order valence-corrected chi connectivity index (χ4v) is 2.30. The fourth-order valence-electron chi connectivity index (χ4n) is 2.30. The van der Waals surface area contributed by atoms with Crippen LogP contribution in [-0.2, 0) is 0 Å². The van der Waals surface area contributed by atoms with Crippen LogP contribution in [0.4, 0.5) is 0 Å². The molecule has 1 saturated heterocycles. The summed E-state index contributed by atoms with van der Waals surface area (Å²) >= 11 is 0. The Balaban J connectivity index is 2.21. The van der Waals surface area contributed by atoms with E-state index in [1.165, 1.54) is 13.1 Å². The van der Waals surface area contributed by atoms with E-state index in [9.17, 15) is 0 Å². The van der Waals surface area contributed by atoms with Gasteiger partial charge in [-0.3, -0.25) is 0 Å². The number of rotatable bonds is 5. The first-order chi connectivity index (χ1) is 7.15. The van der Waals surface area contributed by atoms with E-state index in [2.05, 4.69) is 42.1 Å². The van der Waals surface area contributed by atoms with E-state index in [1.54, 1.807) is 0 Å². The smallest absolute Gasteiger partial charge is 0.0574 e. The van der Waals surface area contributed by atoms with Crippen molar-refractivity contribution in [2.24, 2.45) is 5.92 Å². The zero-order chi connectivity index (χ0) is 11.3. The maximum Gasteiger partial charge on any atom is 0.0574 e. The van der Waals surface area contributed by atoms with Gasteiger partial charge in [-0.05, 0) is 20.0 Å². The van der Waals surface area contributed by atoms with Crippen LogP contribution in [0.3, 0.4) is 0 Å². The lowest BCUT2D eigenvalue weighted by atomic mass is 10.1. The molecule has 2 atom stereocenters. The number of hydrogen-bond donors (Lipinski definition) is 1. The summed E-state index contributed by atoms with van der Waals surface area (Å²) in [6.45, 7) is 7.51. The van der Waals surface area contributed by atoms with Crippen LogP contribution in [-0.4, -0.2) is 62.7 Å². The lowest BCUT2D eigenvalue weighted by Crippen LogP contribution is -2.35. The quantitative estimate of drug-likeness (QED) is 0.511. The van der Waals surface area contributed by atoms with E-state index in [4.69, 9.17) is 6.42 Å². The lowest BCUT2D eigenvalue weighted by Gasteiger charge is -2.22. The van der Waals surface area contributed by atoms with Crippen LogP contribution >= 0.6 is 0 Å². The molecule has 0 aromatic carbocycles. The highest BCUT2D eigenvalue weighted by Gasteiger charge is 2.30. The monoisotopic (exact) mass is 209 g/mol. The van der Waals surface area contributed by atoms with Crippen LogP contribution < -0.4 is 5.32 Å². The average molecular weight is 209 g/mol. The summed E-state index contributed by atoms with van der Waals surface area (Å²) in [5, 5.41) is 3.23. The summed E-state index contributed by atoms with van der Waals surface area (Å²) in [5.74, 6) is 3.36. The van der Waals surface area contributed by atoms with Gasteiger partial charge in [-0.25, -0.2) is 0 Å². The average Bonchev–Trinajstić information content (AvgIpc) is 2.55. The summed E-state index contributed by atoms with van der Waals surface area (Å²) in [6.07, 6.45) is 5.17. The topological polar surface area (TPSA) is 18.5 Å². The first-order valence-corrected chi connectivity index (χ1v) is 5.68. The molecule has 0 amide bonds. The fraction of sp³-hybridized carbons (Fsp3) is 0.833. The van der Waals surface area contributed by atoms with Crippen LogP contribution in [0.15, 0.2) is 0 Å². The highest BCUT2D eigenvalue weighted by atomic mass is 15.2. The van der Waals surface area contributed by atoms with Crippen LogP contribution in [0.1, 0.15) is 6.92 Å². The third kappa shape index (κ3) is 3.83. The molecule has 1 fully saturated rings. The van der Waals surface area contributed by atoms with Crippen molar-refractivity contribution in [2.45, 2.75) is 13.0 Å². The van der Waals surface area contributed by atoms with Crippen molar-refractivity contribution in [1.82, 2.24) is 15.1 Å². The van der Waals surface area contributed by atoms with E-state index in [0.29, 0.717) is 12.6 Å². The Bertz CT molecular complexity index is 219. The Hall–Kier alpha value is -0.560. The second-order valence-corrected chi connectivity index (χ2v) is 4.65. The lowest BCUT2D eigenvalue weighted by molar-refractivity contribution is 0.252. The van der Waals surface area contributed by atoms with Crippen molar-refractivity contribution in [3.05, 3.63) is 0 Å². The van der Waals surface area contributed by atoms with Crippen molar-refractivity contribution >= 4 is 0 Å². The molecule has 0 aliphatic carbocycles. The van der Waals surface area contributed by atoms with Crippen molar-refractivity contribution in [3.63, 3.8) is 0 Å². The van der Waals surface area contributed by atoms with Gasteiger partial charge in [0.25, 0.3) is 0 Å². The summed E-state index contributed by atoms with van der Waals surface area (Å²) in [7, 11) is 4.34. The number of hydrogen-bond acceptors (Lipinski definition) is 3.